The highest BCUT2D eigenvalue weighted by atomic mass is 19.1. The third-order valence-electron chi connectivity index (χ3n) is 13.3. The van der Waals surface area contributed by atoms with Gasteiger partial charge in [0, 0.05) is 66.0 Å². The van der Waals surface area contributed by atoms with E-state index in [1.165, 1.54) is 25.3 Å². The predicted molar refractivity (Wildman–Crippen MR) is 282 cm³/mol. The van der Waals surface area contributed by atoms with Crippen molar-refractivity contribution in [3.63, 3.8) is 0 Å². The van der Waals surface area contributed by atoms with Gasteiger partial charge in [0.1, 0.15) is 24.9 Å². The molecule has 6 amide bonds. The van der Waals surface area contributed by atoms with Crippen LogP contribution in [0.25, 0.3) is 22.3 Å². The van der Waals surface area contributed by atoms with Crippen LogP contribution in [-0.2, 0) is 69.1 Å². The lowest BCUT2D eigenvalue weighted by atomic mass is 9.81. The number of aromatic nitrogens is 2. The van der Waals surface area contributed by atoms with Gasteiger partial charge in [0.25, 0.3) is 11.5 Å². The molecule has 21 heteroatoms. The Kier molecular flexibility index (Phi) is 20.2. The van der Waals surface area contributed by atoms with E-state index < -0.39 is 60.5 Å². The molecule has 7 N–H and O–H groups in total. The van der Waals surface area contributed by atoms with E-state index in [0.29, 0.717) is 83.6 Å². The first-order chi connectivity index (χ1) is 36.5. The molecule has 1 aliphatic carbocycles. The number of ether oxygens (including phenoxy) is 1. The number of nitrogens with one attached hydrogen (secondary N) is 7. The minimum Gasteiger partial charge on any atom is -0.380 e. The topological polar surface area (TPSA) is 268 Å². The smallest absolute Gasteiger partial charge is 0.257 e. The largest absolute Gasteiger partial charge is 0.380 e. The molecule has 4 heterocycles. The number of pyridine rings is 2. The number of aldehydes is 2. The molecular formula is C55H65FN10O10. The van der Waals surface area contributed by atoms with Gasteiger partial charge < -0.3 is 61.0 Å². The molecule has 2 aliphatic heterocycles. The molecule has 0 saturated carbocycles. The van der Waals surface area contributed by atoms with Crippen LogP contribution in [0.4, 0.5) is 4.39 Å². The van der Waals surface area contributed by atoms with E-state index in [-0.39, 0.29) is 56.6 Å². The predicted octanol–water partition coefficient (Wildman–Crippen LogP) is 2.09. The number of methoxy groups -OCH3 is 1. The Morgan fingerprint density at radius 1 is 0.934 bits per heavy atom. The standard InChI is InChI=1S/C52H58FN9O9.C3H7NO/c1-6-33(27-63)35-20-42-51-36(25-62(42)52(70)37(35)28-71-5)50-39(16-15-34-30(3)38(53)21-41(60-51)49(34)50)58-43(64)13-10-18-54-44(65)22-55-31(4)40(19-32-11-8-7-9-12-32)59-46(67)24-56-45(66)23-57-47(68)26-61-29(2)14-17-48(61)69;1-4-2-3-5/h7-9,11-12,14,17,20-21,27,33,39-40,55H,2,4,6,10,13,15-16,18-19,22-26,28H2,1,3,5H3,(H,54,65)(H,56,66)(H,57,68)(H,58,64)(H,59,67);3-4H,2H2,1H3. The molecule has 3 atom stereocenters. The zero-order chi connectivity index (χ0) is 55.1. The lowest BCUT2D eigenvalue weighted by Gasteiger charge is -2.30. The van der Waals surface area contributed by atoms with Gasteiger partial charge >= 0.3 is 0 Å². The van der Waals surface area contributed by atoms with E-state index in [1.807, 2.05) is 43.3 Å². The van der Waals surface area contributed by atoms with Crippen molar-refractivity contribution < 1.29 is 47.5 Å². The number of halogens is 1. The van der Waals surface area contributed by atoms with Crippen LogP contribution in [-0.4, -0.2) is 122 Å². The third-order valence-corrected chi connectivity index (χ3v) is 13.3. The number of carbonyl (C=O) groups excluding carboxylic acids is 8. The Morgan fingerprint density at radius 3 is 2.30 bits per heavy atom. The van der Waals surface area contributed by atoms with Gasteiger partial charge in [0.15, 0.2) is 0 Å². The molecule has 20 nitrogen and oxygen atoms in total. The molecule has 0 saturated heterocycles. The number of fused-ring (bicyclic) bond motifs is 4. The molecular weight excluding hydrogens is 980 g/mol. The van der Waals surface area contributed by atoms with Crippen molar-refractivity contribution in [2.45, 2.75) is 83.5 Å². The van der Waals surface area contributed by atoms with Crippen LogP contribution in [0.3, 0.4) is 0 Å². The van der Waals surface area contributed by atoms with Crippen molar-refractivity contribution >= 4 is 58.9 Å². The van der Waals surface area contributed by atoms with Gasteiger partial charge in [0.2, 0.25) is 29.5 Å². The van der Waals surface area contributed by atoms with Gasteiger partial charge in [-0.1, -0.05) is 50.4 Å². The van der Waals surface area contributed by atoms with Crippen LogP contribution in [0.2, 0.25) is 0 Å². The molecule has 3 aliphatic rings. The molecule has 0 spiro atoms. The van der Waals surface area contributed by atoms with E-state index >= 15 is 4.39 Å². The number of amides is 6. The number of rotatable bonds is 25. The zero-order valence-corrected chi connectivity index (χ0v) is 43.2. The fraction of sp³-hybridized carbons (Fsp3) is 0.382. The average molecular weight is 1050 g/mol. The van der Waals surface area contributed by atoms with Crippen LogP contribution < -0.4 is 42.8 Å². The summed E-state index contributed by atoms with van der Waals surface area (Å²) in [5.41, 5.74) is 6.51. The van der Waals surface area contributed by atoms with Crippen molar-refractivity contribution in [3.8, 4) is 11.4 Å². The second-order valence-corrected chi connectivity index (χ2v) is 18.5. The number of aryl methyl sites for hydroxylation is 1. The minimum absolute atomic E-state index is 0.0184. The van der Waals surface area contributed by atoms with Gasteiger partial charge in [-0.15, -0.1) is 0 Å². The van der Waals surface area contributed by atoms with E-state index in [0.717, 1.165) is 45.1 Å². The Balaban J connectivity index is 0.00000179. The normalized spacial score (nSPS) is 14.6. The minimum atomic E-state index is -0.688. The van der Waals surface area contributed by atoms with Crippen LogP contribution in [0.15, 0.2) is 84.0 Å². The summed E-state index contributed by atoms with van der Waals surface area (Å²) in [5, 5.41) is 20.1. The molecule has 7 rings (SSSR count). The molecule has 0 fully saturated rings. The maximum Gasteiger partial charge on any atom is 0.257 e. The first-order valence-electron chi connectivity index (χ1n) is 25.0. The van der Waals surface area contributed by atoms with E-state index in [2.05, 4.69) is 50.4 Å². The second-order valence-electron chi connectivity index (χ2n) is 18.5. The molecule has 3 unspecified atom stereocenters. The molecule has 76 heavy (non-hydrogen) atoms. The quantitative estimate of drug-likeness (QED) is 0.0327. The van der Waals surface area contributed by atoms with Crippen LogP contribution in [0.5, 0.6) is 0 Å². The molecule has 0 bridgehead atoms. The Labute approximate surface area is 439 Å². The van der Waals surface area contributed by atoms with E-state index in [9.17, 15) is 43.2 Å². The summed E-state index contributed by atoms with van der Waals surface area (Å²) in [6, 6.07) is 11.3. The maximum absolute atomic E-state index is 15.4. The van der Waals surface area contributed by atoms with E-state index in [4.69, 9.17) is 9.72 Å². The zero-order valence-electron chi connectivity index (χ0n) is 43.2. The summed E-state index contributed by atoms with van der Waals surface area (Å²) < 4.78 is 22.4. The number of carbonyl (C=O) groups is 8. The first-order valence-corrected chi connectivity index (χ1v) is 25.0. The number of hydrogen-bond donors (Lipinski definition) is 7. The molecule has 4 aromatic rings. The fourth-order valence-electron chi connectivity index (χ4n) is 9.37. The number of likely N-dealkylation sites (N-methyl/N-ethyl adjacent to an activating group) is 1. The number of allylic oxidation sites excluding steroid dienone is 1. The van der Waals surface area contributed by atoms with Gasteiger partial charge in [-0.3, -0.25) is 33.6 Å². The lowest BCUT2D eigenvalue weighted by Crippen LogP contribution is -2.48. The number of benzene rings is 2. The van der Waals surface area contributed by atoms with Gasteiger partial charge in [-0.2, -0.15) is 0 Å². The van der Waals surface area contributed by atoms with Gasteiger partial charge in [0.05, 0.1) is 68.3 Å². The fourth-order valence-corrected chi connectivity index (χ4v) is 9.37. The highest BCUT2D eigenvalue weighted by Gasteiger charge is 2.36. The van der Waals surface area contributed by atoms with Crippen molar-refractivity contribution in [1.29, 1.82) is 0 Å². The number of hydrogen-bond acceptors (Lipinski definition) is 13. The first kappa shape index (κ1) is 57.1. The van der Waals surface area contributed by atoms with Gasteiger partial charge in [-0.05, 0) is 86.0 Å². The van der Waals surface area contributed by atoms with Crippen LogP contribution in [0, 0.1) is 12.7 Å². The summed E-state index contributed by atoms with van der Waals surface area (Å²) in [6.45, 7) is 10.8. The number of nitrogens with zero attached hydrogens (tertiary/aromatic N) is 3. The summed E-state index contributed by atoms with van der Waals surface area (Å²) in [5.74, 6) is -3.73. The SMILES string of the molecule is C=C(NCC(=O)NCCCC(=O)NC1CCc2c(C)c(F)cc3nc4c(c1c23)Cn1c-4cc(C(C=O)CC)c(COC)c1=O)C(Cc1ccccc1)NC(=O)CNC(=O)CNC(=O)CN1C(=C)C=CC1=O.CNCC=O. The highest BCUT2D eigenvalue weighted by Crippen LogP contribution is 2.45. The third kappa shape index (κ3) is 14.0. The Morgan fingerprint density at radius 2 is 1.64 bits per heavy atom. The molecule has 0 radical (unpaired) electrons. The average Bonchev–Trinajstić information content (AvgIpc) is 4.00. The van der Waals surface area contributed by atoms with Crippen molar-refractivity contribution in [3.05, 3.63) is 134 Å². The summed E-state index contributed by atoms with van der Waals surface area (Å²) in [7, 11) is 3.22. The van der Waals surface area contributed by atoms with Gasteiger partial charge in [-0.25, -0.2) is 9.37 Å². The lowest BCUT2D eigenvalue weighted by molar-refractivity contribution is -0.131. The van der Waals surface area contributed by atoms with Crippen molar-refractivity contribution in [2.75, 3.05) is 53.4 Å². The molecule has 2 aromatic carbocycles. The summed E-state index contributed by atoms with van der Waals surface area (Å²) in [4.78, 5) is 118. The maximum atomic E-state index is 15.4. The van der Waals surface area contributed by atoms with Crippen LogP contribution in [0.1, 0.15) is 83.5 Å². The van der Waals surface area contributed by atoms with Crippen molar-refractivity contribution in [2.24, 2.45) is 0 Å². The Hall–Kier alpha value is -8.17. The monoisotopic (exact) mass is 1040 g/mol. The molecule has 402 valence electrons. The van der Waals surface area contributed by atoms with Crippen molar-refractivity contribution in [1.82, 2.24) is 51.7 Å². The summed E-state index contributed by atoms with van der Waals surface area (Å²) >= 11 is 0. The van der Waals surface area contributed by atoms with E-state index in [1.54, 1.807) is 18.5 Å². The molecule has 2 aromatic heterocycles. The highest BCUT2D eigenvalue weighted by molar-refractivity contribution is 5.97. The Bertz CT molecular complexity index is 2990. The summed E-state index contributed by atoms with van der Waals surface area (Å²) in [6.07, 6.45) is 6.56. The van der Waals surface area contributed by atoms with Crippen LogP contribution >= 0.6 is 0 Å². The second kappa shape index (κ2) is 26.9.